The lowest BCUT2D eigenvalue weighted by Gasteiger charge is -2.26. The summed E-state index contributed by atoms with van der Waals surface area (Å²) in [6.07, 6.45) is 2.13. The molecule has 1 aliphatic rings. The van der Waals surface area contributed by atoms with Crippen LogP contribution in [0.4, 0.5) is 11.8 Å². The molecule has 8 heteroatoms. The van der Waals surface area contributed by atoms with Gasteiger partial charge in [0.1, 0.15) is 0 Å². The Morgan fingerprint density at radius 2 is 2.04 bits per heavy atom. The zero-order valence-corrected chi connectivity index (χ0v) is 15.3. The van der Waals surface area contributed by atoms with Crippen molar-refractivity contribution in [3.8, 4) is 0 Å². The van der Waals surface area contributed by atoms with Crippen LogP contribution < -0.4 is 10.2 Å². The number of rotatable bonds is 6. The molecule has 1 N–H and O–H groups in total. The van der Waals surface area contributed by atoms with Gasteiger partial charge >= 0.3 is 0 Å². The molecule has 2 aromatic rings. The van der Waals surface area contributed by atoms with E-state index >= 15 is 0 Å². The van der Waals surface area contributed by atoms with Gasteiger partial charge in [-0.3, -0.25) is 0 Å². The highest BCUT2D eigenvalue weighted by Gasteiger charge is 2.28. The van der Waals surface area contributed by atoms with E-state index in [0.717, 1.165) is 0 Å². The van der Waals surface area contributed by atoms with Crippen LogP contribution in [0.3, 0.4) is 0 Å². The Morgan fingerprint density at radius 1 is 1.28 bits per heavy atom. The molecule has 1 aliphatic heterocycles. The van der Waals surface area contributed by atoms with Crippen LogP contribution in [0.25, 0.3) is 0 Å². The first kappa shape index (κ1) is 17.6. The summed E-state index contributed by atoms with van der Waals surface area (Å²) in [6.45, 7) is 4.84. The van der Waals surface area contributed by atoms with Gasteiger partial charge in [0, 0.05) is 18.6 Å². The van der Waals surface area contributed by atoms with Crippen LogP contribution in [0.5, 0.6) is 0 Å². The molecule has 2 heterocycles. The lowest BCUT2D eigenvalue weighted by Crippen LogP contribution is -2.32. The first-order chi connectivity index (χ1) is 11.9. The predicted molar refractivity (Wildman–Crippen MR) is 98.3 cm³/mol. The normalized spacial score (nSPS) is 19.1. The van der Waals surface area contributed by atoms with Gasteiger partial charge in [-0.1, -0.05) is 30.3 Å². The molecule has 1 atom stereocenters. The second-order valence-corrected chi connectivity index (χ2v) is 8.82. The molecule has 0 bridgehead atoms. The molecule has 0 amide bonds. The highest BCUT2D eigenvalue weighted by atomic mass is 32.2. The molecule has 1 aromatic carbocycles. The van der Waals surface area contributed by atoms with Gasteiger partial charge in [-0.25, -0.2) is 8.42 Å². The molecule has 0 spiro atoms. The molecular formula is C17H23N5O2S. The lowest BCUT2D eigenvalue weighted by molar-refractivity contribution is 0.602. The summed E-state index contributed by atoms with van der Waals surface area (Å²) in [5.41, 5.74) is 1.17. The van der Waals surface area contributed by atoms with Crippen LogP contribution >= 0.6 is 0 Å². The zero-order chi connectivity index (χ0) is 17.9. The molecule has 1 saturated heterocycles. The van der Waals surface area contributed by atoms with Gasteiger partial charge in [0.2, 0.25) is 5.95 Å². The van der Waals surface area contributed by atoms with Crippen molar-refractivity contribution in [1.29, 1.82) is 0 Å². The molecule has 134 valence electrons. The van der Waals surface area contributed by atoms with E-state index in [1.54, 1.807) is 0 Å². The Morgan fingerprint density at radius 3 is 2.68 bits per heavy atom. The molecule has 0 saturated carbocycles. The van der Waals surface area contributed by atoms with Gasteiger partial charge < -0.3 is 10.2 Å². The lowest BCUT2D eigenvalue weighted by atomic mass is 10.2. The molecule has 7 nitrogen and oxygen atoms in total. The van der Waals surface area contributed by atoms with E-state index in [0.29, 0.717) is 24.7 Å². The van der Waals surface area contributed by atoms with E-state index in [4.69, 9.17) is 0 Å². The van der Waals surface area contributed by atoms with Crippen LogP contribution in [0.1, 0.15) is 25.8 Å². The van der Waals surface area contributed by atoms with E-state index in [-0.39, 0.29) is 23.6 Å². The van der Waals surface area contributed by atoms with Crippen molar-refractivity contribution in [3.05, 3.63) is 42.1 Å². The minimum Gasteiger partial charge on any atom is -0.365 e. The Kier molecular flexibility index (Phi) is 5.17. The monoisotopic (exact) mass is 361 g/mol. The fraction of sp³-hybridized carbons (Fsp3) is 0.471. The Hall–Kier alpha value is -2.22. The van der Waals surface area contributed by atoms with E-state index < -0.39 is 9.84 Å². The number of benzene rings is 1. The fourth-order valence-electron chi connectivity index (χ4n) is 2.87. The summed E-state index contributed by atoms with van der Waals surface area (Å²) in [7, 11) is -2.93. The number of hydrogen-bond donors (Lipinski definition) is 1. The van der Waals surface area contributed by atoms with Crippen molar-refractivity contribution in [2.45, 2.75) is 38.9 Å². The van der Waals surface area contributed by atoms with Crippen molar-refractivity contribution in [3.63, 3.8) is 0 Å². The minimum absolute atomic E-state index is 0.115. The third-order valence-corrected chi connectivity index (χ3v) is 5.98. The maximum atomic E-state index is 11.6. The van der Waals surface area contributed by atoms with Crippen LogP contribution in [-0.2, 0) is 16.4 Å². The van der Waals surface area contributed by atoms with Crippen LogP contribution in [0.2, 0.25) is 0 Å². The van der Waals surface area contributed by atoms with E-state index in [9.17, 15) is 8.42 Å². The van der Waals surface area contributed by atoms with Crippen LogP contribution in [-0.4, -0.2) is 47.2 Å². The van der Waals surface area contributed by atoms with Crippen molar-refractivity contribution in [2.24, 2.45) is 0 Å². The van der Waals surface area contributed by atoms with Gasteiger partial charge in [0.25, 0.3) is 0 Å². The molecule has 25 heavy (non-hydrogen) atoms. The highest BCUT2D eigenvalue weighted by molar-refractivity contribution is 7.91. The van der Waals surface area contributed by atoms with Crippen molar-refractivity contribution in [2.75, 3.05) is 21.7 Å². The average Bonchev–Trinajstić information content (AvgIpc) is 2.92. The minimum atomic E-state index is -2.93. The summed E-state index contributed by atoms with van der Waals surface area (Å²) in [5, 5.41) is 11.4. The summed E-state index contributed by atoms with van der Waals surface area (Å²) < 4.78 is 23.2. The quantitative estimate of drug-likeness (QED) is 0.840. The number of nitrogens with one attached hydrogen (secondary N) is 1. The van der Waals surface area contributed by atoms with Crippen molar-refractivity contribution < 1.29 is 8.42 Å². The number of anilines is 2. The van der Waals surface area contributed by atoms with Crippen LogP contribution in [0, 0.1) is 0 Å². The van der Waals surface area contributed by atoms with E-state index in [1.807, 2.05) is 18.2 Å². The first-order valence-electron chi connectivity index (χ1n) is 8.40. The molecular weight excluding hydrogens is 338 g/mol. The number of nitrogens with zero attached hydrogens (tertiary/aromatic N) is 4. The molecule has 1 unspecified atom stereocenters. The fourth-order valence-corrected chi connectivity index (χ4v) is 4.54. The smallest absolute Gasteiger partial charge is 0.247 e. The van der Waals surface area contributed by atoms with E-state index in [2.05, 4.69) is 51.4 Å². The van der Waals surface area contributed by atoms with Gasteiger partial charge in [-0.2, -0.15) is 10.1 Å². The summed E-state index contributed by atoms with van der Waals surface area (Å²) >= 11 is 0. The molecule has 1 aromatic heterocycles. The predicted octanol–water partition coefficient (Wildman–Crippen LogP) is 1.89. The number of sulfone groups is 1. The molecule has 1 fully saturated rings. The zero-order valence-electron chi connectivity index (χ0n) is 14.5. The molecule has 0 radical (unpaired) electrons. The highest BCUT2D eigenvalue weighted by Crippen LogP contribution is 2.19. The van der Waals surface area contributed by atoms with Crippen molar-refractivity contribution in [1.82, 2.24) is 15.2 Å². The average molecular weight is 361 g/mol. The number of aromatic nitrogens is 3. The Bertz CT molecular complexity index is 811. The molecule has 0 aliphatic carbocycles. The summed E-state index contributed by atoms with van der Waals surface area (Å²) in [6, 6.07) is 10.2. The third kappa shape index (κ3) is 4.66. The third-order valence-electron chi connectivity index (χ3n) is 4.21. The standard InChI is InChI=1S/C17H23N5O2S/c1-13(2)22(11-14-6-4-3-5-7-14)17-20-16(10-18-21-17)19-15-8-9-25(23,24)12-15/h3-7,10,13,15H,8-9,11-12H2,1-2H3,(H,19,20,21). The van der Waals surface area contributed by atoms with Crippen molar-refractivity contribution >= 4 is 21.6 Å². The SMILES string of the molecule is CC(C)N(Cc1ccccc1)c1nncc(NC2CCS(=O)(=O)C2)n1. The first-order valence-corrected chi connectivity index (χ1v) is 10.2. The Labute approximate surface area is 148 Å². The second kappa shape index (κ2) is 7.35. The van der Waals surface area contributed by atoms with Gasteiger partial charge in [0.15, 0.2) is 15.7 Å². The van der Waals surface area contributed by atoms with E-state index in [1.165, 1.54) is 11.8 Å². The van der Waals surface area contributed by atoms with Crippen LogP contribution in [0.15, 0.2) is 36.5 Å². The summed E-state index contributed by atoms with van der Waals surface area (Å²) in [5.74, 6) is 1.46. The number of hydrogen-bond acceptors (Lipinski definition) is 7. The Balaban J connectivity index is 1.76. The second-order valence-electron chi connectivity index (χ2n) is 6.59. The van der Waals surface area contributed by atoms with Gasteiger partial charge in [0.05, 0.1) is 17.7 Å². The maximum absolute atomic E-state index is 11.6. The van der Waals surface area contributed by atoms with Gasteiger partial charge in [-0.15, -0.1) is 5.10 Å². The largest absolute Gasteiger partial charge is 0.365 e. The van der Waals surface area contributed by atoms with Gasteiger partial charge in [-0.05, 0) is 25.8 Å². The molecule has 3 rings (SSSR count). The maximum Gasteiger partial charge on any atom is 0.247 e. The topological polar surface area (TPSA) is 88.1 Å². The summed E-state index contributed by atoms with van der Waals surface area (Å²) in [4.78, 5) is 6.62.